The summed E-state index contributed by atoms with van der Waals surface area (Å²) < 4.78 is 1.42. The van der Waals surface area contributed by atoms with Gasteiger partial charge in [0.1, 0.15) is 0 Å². The van der Waals surface area contributed by atoms with Crippen molar-refractivity contribution in [2.45, 2.75) is 80.1 Å². The van der Waals surface area contributed by atoms with Crippen molar-refractivity contribution in [1.82, 2.24) is 0 Å². The molecule has 0 aliphatic heterocycles. The maximum absolute atomic E-state index is 3.37. The van der Waals surface area contributed by atoms with Gasteiger partial charge in [-0.3, -0.25) is 6.08 Å². The summed E-state index contributed by atoms with van der Waals surface area (Å²) in [5.41, 5.74) is 8.73. The molecule has 0 radical (unpaired) electrons. The molecule has 0 N–H and O–H groups in total. The van der Waals surface area contributed by atoms with Crippen LogP contribution in [0.5, 0.6) is 0 Å². The number of hydrogen-bond donors (Lipinski definition) is 0. The molecule has 5 aromatic rings. The van der Waals surface area contributed by atoms with E-state index in [1.54, 1.807) is 0 Å². The Hall–Kier alpha value is -2.44. The van der Waals surface area contributed by atoms with Gasteiger partial charge in [0.05, 0.1) is 0 Å². The molecule has 0 bridgehead atoms. The Bertz CT molecular complexity index is 1690. The molecule has 5 aromatic carbocycles. The first kappa shape index (κ1) is 40.7. The maximum Gasteiger partial charge on any atom is -0.0733 e. The van der Waals surface area contributed by atoms with E-state index in [2.05, 4.69) is 185 Å². The summed E-state index contributed by atoms with van der Waals surface area (Å²) in [6, 6.07) is 37.4. The molecule has 0 nitrogen and oxygen atoms in total. The minimum Gasteiger partial charge on any atom is -1.00 e. The van der Waals surface area contributed by atoms with Crippen molar-refractivity contribution in [1.29, 1.82) is 0 Å². The molecule has 0 heterocycles. The Balaban J connectivity index is 0.000000261. The van der Waals surface area contributed by atoms with Gasteiger partial charge in [0.25, 0.3) is 0 Å². The molecule has 0 amide bonds. The van der Waals surface area contributed by atoms with Crippen molar-refractivity contribution in [3.8, 4) is 0 Å². The van der Waals surface area contributed by atoms with Gasteiger partial charge in [-0.2, -0.15) is 11.6 Å². The van der Waals surface area contributed by atoms with Crippen molar-refractivity contribution in [3.63, 3.8) is 0 Å². The Morgan fingerprint density at radius 1 is 0.660 bits per heavy atom. The summed E-state index contributed by atoms with van der Waals surface area (Å²) in [6.45, 7) is 22.3. The van der Waals surface area contributed by atoms with Crippen molar-refractivity contribution in [3.05, 3.63) is 149 Å². The Labute approximate surface area is 312 Å². The first-order valence-corrected chi connectivity index (χ1v) is 17.5. The van der Waals surface area contributed by atoms with Gasteiger partial charge in [-0.1, -0.05) is 75.9 Å². The number of hydrogen-bond acceptors (Lipinski definition) is 0. The van der Waals surface area contributed by atoms with Crippen molar-refractivity contribution < 1.29 is 49.0 Å². The third-order valence-corrected chi connectivity index (χ3v) is 9.95. The summed E-state index contributed by atoms with van der Waals surface area (Å²) in [4.78, 5) is 0. The summed E-state index contributed by atoms with van der Waals surface area (Å²) >= 11 is 1.46. The third-order valence-electron chi connectivity index (χ3n) is 8.53. The summed E-state index contributed by atoms with van der Waals surface area (Å²) in [6.07, 6.45) is 5.68. The van der Waals surface area contributed by atoms with Crippen LogP contribution in [0.15, 0.2) is 120 Å². The second-order valence-corrected chi connectivity index (χ2v) is 15.9. The van der Waals surface area contributed by atoms with E-state index in [1.807, 2.05) is 0 Å². The zero-order valence-electron chi connectivity index (χ0n) is 29.8. The van der Waals surface area contributed by atoms with E-state index in [9.17, 15) is 0 Å². The molecule has 0 fully saturated rings. The molecule has 0 aromatic heterocycles. The van der Waals surface area contributed by atoms with Gasteiger partial charge in [-0.05, 0) is 0 Å². The molecule has 246 valence electrons. The number of halogens is 2. The van der Waals surface area contributed by atoms with E-state index in [4.69, 9.17) is 0 Å². The maximum atomic E-state index is 3.37. The fraction of sp³-hybridized carbons (Fsp3) is 0.318. The predicted molar refractivity (Wildman–Crippen MR) is 195 cm³/mol. The molecule has 0 saturated heterocycles. The third kappa shape index (κ3) is 10.8. The van der Waals surface area contributed by atoms with Gasteiger partial charge in [0.2, 0.25) is 0 Å². The fourth-order valence-corrected chi connectivity index (χ4v) is 6.65. The van der Waals surface area contributed by atoms with E-state index in [0.29, 0.717) is 11.8 Å². The first-order chi connectivity index (χ1) is 21.1. The van der Waals surface area contributed by atoms with E-state index >= 15 is 0 Å². The minimum absolute atomic E-state index is 0. The Kier molecular flexibility index (Phi) is 15.0. The van der Waals surface area contributed by atoms with Crippen LogP contribution in [0.1, 0.15) is 91.5 Å². The van der Waals surface area contributed by atoms with E-state index in [1.165, 1.54) is 82.4 Å². The van der Waals surface area contributed by atoms with Crippen LogP contribution in [0, 0.1) is 17.9 Å². The molecule has 6 rings (SSSR count). The molecule has 47 heavy (non-hydrogen) atoms. The second-order valence-electron chi connectivity index (χ2n) is 14.7. The normalized spacial score (nSPS) is 14.2. The molecular weight excluding hydrogens is 691 g/mol. The quantitative estimate of drug-likeness (QED) is 0.197. The molecule has 1 unspecified atom stereocenters. The van der Waals surface area contributed by atoms with Crippen molar-refractivity contribution in [2.75, 3.05) is 0 Å². The van der Waals surface area contributed by atoms with Gasteiger partial charge in [0.15, 0.2) is 0 Å². The number of fused-ring (bicyclic) bond motifs is 3. The summed E-state index contributed by atoms with van der Waals surface area (Å²) in [5.74, 6) is 1.20. The molecule has 1 aliphatic carbocycles. The van der Waals surface area contributed by atoms with Crippen LogP contribution in [-0.4, -0.2) is 3.21 Å². The topological polar surface area (TPSA) is 0 Å². The first-order valence-electron chi connectivity index (χ1n) is 16.3. The number of allylic oxidation sites excluding steroid dienone is 4. The van der Waals surface area contributed by atoms with Gasteiger partial charge >= 0.3 is 151 Å². The van der Waals surface area contributed by atoms with E-state index in [0.717, 1.165) is 0 Å². The largest absolute Gasteiger partial charge is 1.00 e. The van der Waals surface area contributed by atoms with Gasteiger partial charge < -0.3 is 24.8 Å². The van der Waals surface area contributed by atoms with Crippen LogP contribution in [0.3, 0.4) is 0 Å². The zero-order valence-corrected chi connectivity index (χ0v) is 33.8. The molecular formula is C44H50Cl2Zr-2. The zero-order chi connectivity index (χ0) is 32.9. The van der Waals surface area contributed by atoms with Crippen LogP contribution >= 0.6 is 0 Å². The molecule has 3 heteroatoms. The fourth-order valence-electron chi connectivity index (χ4n) is 5.83. The van der Waals surface area contributed by atoms with Gasteiger partial charge in [-0.25, -0.2) is 5.57 Å². The van der Waals surface area contributed by atoms with Crippen LogP contribution < -0.4 is 24.8 Å². The number of benzene rings is 4. The summed E-state index contributed by atoms with van der Waals surface area (Å²) in [7, 11) is 0. The molecule has 1 atom stereocenters. The smallest absolute Gasteiger partial charge is 0.0733 e. The van der Waals surface area contributed by atoms with Gasteiger partial charge in [0, 0.05) is 0 Å². The monoisotopic (exact) mass is 738 g/mol. The van der Waals surface area contributed by atoms with Crippen LogP contribution in [0.25, 0.3) is 21.5 Å². The van der Waals surface area contributed by atoms with Crippen LogP contribution in [0.4, 0.5) is 0 Å². The summed E-state index contributed by atoms with van der Waals surface area (Å²) in [5, 5.41) is 5.39. The Morgan fingerprint density at radius 3 is 1.34 bits per heavy atom. The predicted octanol–water partition coefficient (Wildman–Crippen LogP) is 6.09. The standard InChI is InChI=1S/C21H26.C13H9.C10H15.2ClH.Zr/c1-20(2,3)18-11-7-16(8-12-18)15-17-9-13-19(14-10-17)21(4,5)6;1-3-7-12-10(5-1)9-11-6-2-4-8-13(11)12;1-7(2)10-6-8(3)5-9(10)4;;;/h7-14H,1-6H3;1-9H;6-8H,1-4H3;2*1H;/q;2*-1;;;+2/p-2. The Morgan fingerprint density at radius 2 is 1.04 bits per heavy atom. The molecule has 1 aliphatic rings. The average Bonchev–Trinajstić information content (AvgIpc) is 3.55. The van der Waals surface area contributed by atoms with Gasteiger partial charge in [-0.15, -0.1) is 39.7 Å². The van der Waals surface area contributed by atoms with E-state index < -0.39 is 0 Å². The SMILES string of the molecule is CC(C)(C)c1ccc([C](=[Zr+2])c2ccc(C(C)(C)C)cc2)cc1.CC1=[C-]C(C)C=C1C(C)C.[Cl-].[Cl-].c1ccc2c(c1)[cH-]c1ccccc12. The molecule has 0 spiro atoms. The van der Waals surface area contributed by atoms with Crippen molar-refractivity contribution in [2.24, 2.45) is 11.8 Å². The van der Waals surface area contributed by atoms with Crippen molar-refractivity contribution >= 4 is 24.8 Å². The number of rotatable bonds is 3. The van der Waals surface area contributed by atoms with Crippen LogP contribution in [0.2, 0.25) is 0 Å². The molecule has 0 saturated carbocycles. The minimum atomic E-state index is 0. The van der Waals surface area contributed by atoms with Crippen LogP contribution in [-0.2, 0) is 35.1 Å². The average molecular weight is 741 g/mol. The second kappa shape index (κ2) is 17.3. The van der Waals surface area contributed by atoms with E-state index in [-0.39, 0.29) is 35.6 Å².